The van der Waals surface area contributed by atoms with Crippen LogP contribution in [-0.2, 0) is 4.79 Å². The van der Waals surface area contributed by atoms with Gasteiger partial charge in [-0.3, -0.25) is 4.48 Å². The van der Waals surface area contributed by atoms with Crippen molar-refractivity contribution in [3.8, 4) is 0 Å². The average Bonchev–Trinajstić information content (AvgIpc) is 2.63. The molecule has 0 aliphatic rings. The fourth-order valence-electron chi connectivity index (χ4n) is 3.34. The van der Waals surface area contributed by atoms with E-state index in [1.54, 1.807) is 0 Å². The minimum Gasteiger partial charge on any atom is -1.00 e. The molecule has 26 heavy (non-hydrogen) atoms. The number of quaternary nitrogens is 1. The lowest BCUT2D eigenvalue weighted by Gasteiger charge is -2.31. The molecule has 0 spiro atoms. The number of benzene rings is 2. The molecule has 2 aromatic rings. The van der Waals surface area contributed by atoms with Gasteiger partial charge >= 0.3 is 5.91 Å². The molecule has 0 N–H and O–H groups in total. The lowest BCUT2D eigenvalue weighted by Crippen LogP contribution is -3.00. The van der Waals surface area contributed by atoms with Gasteiger partial charge in [-0.05, 0) is 24.0 Å². The molecular formula is C23H32BrNO. The molecular weight excluding hydrogens is 386 g/mol. The molecule has 2 nitrogen and oxygen atoms in total. The summed E-state index contributed by atoms with van der Waals surface area (Å²) in [6, 6.07) is 20.3. The Morgan fingerprint density at radius 3 is 1.73 bits per heavy atom. The lowest BCUT2D eigenvalue weighted by atomic mass is 9.89. The molecule has 0 aliphatic heterocycles. The number of amides is 1. The van der Waals surface area contributed by atoms with Crippen LogP contribution in [0.15, 0.2) is 60.7 Å². The van der Waals surface area contributed by atoms with Crippen LogP contribution in [-0.4, -0.2) is 31.0 Å². The van der Waals surface area contributed by atoms with Gasteiger partial charge in [0.2, 0.25) is 0 Å². The summed E-state index contributed by atoms with van der Waals surface area (Å²) in [4.78, 5) is 13.5. The van der Waals surface area contributed by atoms with E-state index in [1.807, 2.05) is 36.4 Å². The number of rotatable bonds is 9. The number of hydrogen-bond acceptors (Lipinski definition) is 1. The average molecular weight is 418 g/mol. The number of nitrogens with zero attached hydrogens (tertiary/aromatic N) is 1. The Hall–Kier alpha value is -1.45. The Bertz CT molecular complexity index is 600. The molecule has 0 atom stereocenters. The predicted octanol–water partition coefficient (Wildman–Crippen LogP) is 2.40. The molecule has 0 bridgehead atoms. The first kappa shape index (κ1) is 22.6. The van der Waals surface area contributed by atoms with Crippen molar-refractivity contribution in [3.63, 3.8) is 0 Å². The second-order valence-electron chi connectivity index (χ2n) is 7.42. The van der Waals surface area contributed by atoms with E-state index in [-0.39, 0.29) is 28.8 Å². The molecule has 2 rings (SSSR count). The van der Waals surface area contributed by atoms with Gasteiger partial charge in [-0.1, -0.05) is 86.8 Å². The van der Waals surface area contributed by atoms with Crippen LogP contribution in [0, 0.1) is 0 Å². The van der Waals surface area contributed by atoms with Crippen molar-refractivity contribution in [2.24, 2.45) is 0 Å². The third kappa shape index (κ3) is 6.37. The Balaban J connectivity index is 0.00000338. The number of unbranched alkanes of at least 4 members (excludes halogenated alkanes) is 4. The van der Waals surface area contributed by atoms with Crippen LogP contribution in [0.25, 0.3) is 0 Å². The smallest absolute Gasteiger partial charge is 0.325 e. The number of likely N-dealkylation sites (N-methyl/N-ethyl adjacent to an activating group) is 1. The van der Waals surface area contributed by atoms with E-state index in [0.717, 1.165) is 24.1 Å². The molecule has 0 saturated heterocycles. The first-order valence-corrected chi connectivity index (χ1v) is 9.53. The number of halogens is 1. The third-order valence-electron chi connectivity index (χ3n) is 4.93. The highest BCUT2D eigenvalue weighted by Gasteiger charge is 2.35. The Labute approximate surface area is 169 Å². The van der Waals surface area contributed by atoms with Crippen molar-refractivity contribution < 1.29 is 26.3 Å². The number of carbonyl (C=O) groups excluding carboxylic acids is 1. The van der Waals surface area contributed by atoms with E-state index < -0.39 is 0 Å². The monoisotopic (exact) mass is 417 g/mol. The zero-order chi connectivity index (χ0) is 18.1. The molecule has 2 aromatic carbocycles. The standard InChI is InChI=1S/C23H32NO.BrH/c1-4-5-6-7-14-19-24(2,3)23(25)22(20-15-10-8-11-16-20)21-17-12-9-13-18-21;/h8-13,15-18,22H,4-7,14,19H2,1-3H3;1H/q+1;/p-1. The summed E-state index contributed by atoms with van der Waals surface area (Å²) in [5, 5.41) is 0. The second-order valence-corrected chi connectivity index (χ2v) is 7.42. The van der Waals surface area contributed by atoms with Gasteiger partial charge in [0.05, 0.1) is 20.6 Å². The maximum absolute atomic E-state index is 13.5. The van der Waals surface area contributed by atoms with Gasteiger partial charge in [-0.15, -0.1) is 0 Å². The summed E-state index contributed by atoms with van der Waals surface area (Å²) < 4.78 is 0.431. The highest BCUT2D eigenvalue weighted by atomic mass is 79.9. The van der Waals surface area contributed by atoms with Gasteiger partial charge in [0, 0.05) is 0 Å². The highest BCUT2D eigenvalue weighted by Crippen LogP contribution is 2.28. The van der Waals surface area contributed by atoms with Crippen LogP contribution in [0.4, 0.5) is 0 Å². The number of hydrogen-bond donors (Lipinski definition) is 0. The molecule has 0 unspecified atom stereocenters. The van der Waals surface area contributed by atoms with Crippen molar-refractivity contribution in [2.45, 2.75) is 44.9 Å². The van der Waals surface area contributed by atoms with Crippen molar-refractivity contribution in [1.29, 1.82) is 0 Å². The summed E-state index contributed by atoms with van der Waals surface area (Å²) in [6.45, 7) is 3.13. The van der Waals surface area contributed by atoms with E-state index in [0.29, 0.717) is 4.48 Å². The predicted molar refractivity (Wildman–Crippen MR) is 105 cm³/mol. The zero-order valence-corrected chi connectivity index (χ0v) is 17.9. The van der Waals surface area contributed by atoms with E-state index in [4.69, 9.17) is 0 Å². The van der Waals surface area contributed by atoms with E-state index >= 15 is 0 Å². The summed E-state index contributed by atoms with van der Waals surface area (Å²) in [5.74, 6) is 0.0703. The maximum Gasteiger partial charge on any atom is 0.325 e. The molecule has 0 fully saturated rings. The first-order chi connectivity index (χ1) is 12.1. The minimum absolute atomic E-state index is 0. The van der Waals surface area contributed by atoms with Gasteiger partial charge in [-0.25, -0.2) is 4.79 Å². The number of carbonyl (C=O) groups is 1. The SMILES string of the molecule is CCCCCCC[N+](C)(C)C(=O)C(c1ccccc1)c1ccccc1.[Br-]. The minimum atomic E-state index is -0.201. The maximum atomic E-state index is 13.5. The summed E-state index contributed by atoms with van der Waals surface area (Å²) in [6.07, 6.45) is 6.13. The first-order valence-electron chi connectivity index (χ1n) is 9.53. The van der Waals surface area contributed by atoms with Crippen molar-refractivity contribution in [1.82, 2.24) is 0 Å². The van der Waals surface area contributed by atoms with Gasteiger partial charge in [0.25, 0.3) is 0 Å². The normalized spacial score (nSPS) is 11.2. The van der Waals surface area contributed by atoms with Gasteiger partial charge in [0.15, 0.2) is 0 Å². The molecule has 0 aromatic heterocycles. The molecule has 142 valence electrons. The van der Waals surface area contributed by atoms with E-state index in [1.165, 1.54) is 25.7 Å². The van der Waals surface area contributed by atoms with Crippen LogP contribution < -0.4 is 17.0 Å². The topological polar surface area (TPSA) is 17.1 Å². The lowest BCUT2D eigenvalue weighted by molar-refractivity contribution is -0.814. The molecule has 3 heteroatoms. The fourth-order valence-corrected chi connectivity index (χ4v) is 3.34. The van der Waals surface area contributed by atoms with E-state index in [2.05, 4.69) is 45.3 Å². The largest absolute Gasteiger partial charge is 1.00 e. The molecule has 0 aliphatic carbocycles. The van der Waals surface area contributed by atoms with Crippen molar-refractivity contribution in [2.75, 3.05) is 20.6 Å². The highest BCUT2D eigenvalue weighted by molar-refractivity contribution is 5.81. The van der Waals surface area contributed by atoms with Crippen molar-refractivity contribution >= 4 is 5.91 Å². The van der Waals surface area contributed by atoms with Crippen LogP contribution in [0.2, 0.25) is 0 Å². The van der Waals surface area contributed by atoms with Crippen LogP contribution >= 0.6 is 0 Å². The van der Waals surface area contributed by atoms with Crippen LogP contribution in [0.3, 0.4) is 0 Å². The molecule has 0 heterocycles. The second kappa shape index (κ2) is 11.3. The quantitative estimate of drug-likeness (QED) is 0.452. The Morgan fingerprint density at radius 2 is 1.27 bits per heavy atom. The van der Waals surface area contributed by atoms with Crippen LogP contribution in [0.5, 0.6) is 0 Å². The molecule has 1 amide bonds. The van der Waals surface area contributed by atoms with Crippen molar-refractivity contribution in [3.05, 3.63) is 71.8 Å². The third-order valence-corrected chi connectivity index (χ3v) is 4.93. The van der Waals surface area contributed by atoms with E-state index in [9.17, 15) is 4.79 Å². The summed E-state index contributed by atoms with van der Waals surface area (Å²) in [7, 11) is 4.11. The molecule has 0 saturated carbocycles. The van der Waals surface area contributed by atoms with Gasteiger partial charge in [-0.2, -0.15) is 0 Å². The van der Waals surface area contributed by atoms with Gasteiger partial charge < -0.3 is 17.0 Å². The molecule has 0 radical (unpaired) electrons. The fraction of sp³-hybridized carbons (Fsp3) is 0.435. The Morgan fingerprint density at radius 1 is 0.808 bits per heavy atom. The van der Waals surface area contributed by atoms with Gasteiger partial charge in [0.1, 0.15) is 5.92 Å². The zero-order valence-electron chi connectivity index (χ0n) is 16.3. The Kier molecular flexibility index (Phi) is 9.82. The van der Waals surface area contributed by atoms with Crippen LogP contribution in [0.1, 0.15) is 56.1 Å². The summed E-state index contributed by atoms with van der Waals surface area (Å²) in [5.41, 5.74) is 2.16. The summed E-state index contributed by atoms with van der Waals surface area (Å²) >= 11 is 0.